The lowest BCUT2D eigenvalue weighted by molar-refractivity contribution is 0.306. The fourth-order valence-corrected chi connectivity index (χ4v) is 2.28. The number of halogens is 1. The average Bonchev–Trinajstić information content (AvgIpc) is 2.53. The van der Waals surface area contributed by atoms with Crippen molar-refractivity contribution in [3.8, 4) is 11.8 Å². The van der Waals surface area contributed by atoms with Crippen LogP contribution in [-0.4, -0.2) is 20.7 Å². The quantitative estimate of drug-likeness (QED) is 0.788. The maximum atomic E-state index is 9.41. The van der Waals surface area contributed by atoms with Gasteiger partial charge in [0.1, 0.15) is 5.75 Å². The zero-order chi connectivity index (χ0) is 15.9. The number of rotatable bonds is 6. The van der Waals surface area contributed by atoms with Gasteiger partial charge in [0.15, 0.2) is 0 Å². The number of ether oxygens (including phenoxy) is 1. The highest BCUT2D eigenvalue weighted by Crippen LogP contribution is 2.24. The first kappa shape index (κ1) is 16.2. The van der Waals surface area contributed by atoms with Crippen LogP contribution in [-0.2, 0) is 0 Å². The lowest BCUT2D eigenvalue weighted by Crippen LogP contribution is -2.10. The molecule has 0 N–H and O–H groups in total. The molecule has 0 spiro atoms. The number of hydrogen-bond donors (Lipinski definition) is 0. The van der Waals surface area contributed by atoms with Gasteiger partial charge >= 0.3 is 0 Å². The number of nitrogens with zero attached hydrogens (tertiary/aromatic N) is 2. The summed E-state index contributed by atoms with van der Waals surface area (Å²) < 4.78 is 5.67. The van der Waals surface area contributed by atoms with Crippen LogP contribution in [0.3, 0.4) is 0 Å². The molecule has 4 heteroatoms. The number of nitriles is 1. The maximum Gasteiger partial charge on any atom is 0.119 e. The van der Waals surface area contributed by atoms with Crippen LogP contribution in [0.25, 0.3) is 0 Å². The van der Waals surface area contributed by atoms with E-state index in [1.165, 1.54) is 0 Å². The molecule has 114 valence electrons. The first-order valence-electron chi connectivity index (χ1n) is 7.15. The second-order valence-corrected chi connectivity index (χ2v) is 5.70. The molecule has 0 radical (unpaired) electrons. The summed E-state index contributed by atoms with van der Waals surface area (Å²) >= 11 is 5.84. The molecule has 22 heavy (non-hydrogen) atoms. The Bertz CT molecular complexity index is 647. The number of benzene rings is 2. The lowest BCUT2D eigenvalue weighted by atomic mass is 9.97. The molecule has 1 unspecified atom stereocenters. The minimum absolute atomic E-state index is 0.174. The molecule has 0 saturated heterocycles. The Morgan fingerprint density at radius 1 is 1.18 bits per heavy atom. The molecule has 0 aliphatic carbocycles. The zero-order valence-electron chi connectivity index (χ0n) is 12.8. The summed E-state index contributed by atoms with van der Waals surface area (Å²) in [5.41, 5.74) is 2.12. The van der Waals surface area contributed by atoms with E-state index in [9.17, 15) is 5.26 Å². The van der Waals surface area contributed by atoms with Gasteiger partial charge in [-0.15, -0.1) is 0 Å². The van der Waals surface area contributed by atoms with Gasteiger partial charge in [-0.1, -0.05) is 23.7 Å². The highest BCUT2D eigenvalue weighted by molar-refractivity contribution is 6.30. The lowest BCUT2D eigenvalue weighted by Gasteiger charge is -2.16. The summed E-state index contributed by atoms with van der Waals surface area (Å²) in [5.74, 6) is 0.593. The molecule has 0 heterocycles. The predicted molar refractivity (Wildman–Crippen MR) is 90.7 cm³/mol. The van der Waals surface area contributed by atoms with Gasteiger partial charge in [-0.05, 0) is 42.0 Å². The normalized spacial score (nSPS) is 11.5. The van der Waals surface area contributed by atoms with Crippen LogP contribution < -0.4 is 9.64 Å². The van der Waals surface area contributed by atoms with Crippen LogP contribution in [0.15, 0.2) is 48.5 Å². The van der Waals surface area contributed by atoms with E-state index in [1.807, 2.05) is 49.3 Å². The van der Waals surface area contributed by atoms with Crippen molar-refractivity contribution in [1.82, 2.24) is 0 Å². The second kappa shape index (κ2) is 7.72. The Kier molecular flexibility index (Phi) is 5.68. The monoisotopic (exact) mass is 314 g/mol. The van der Waals surface area contributed by atoms with Crippen LogP contribution in [0.2, 0.25) is 5.02 Å². The summed E-state index contributed by atoms with van der Waals surface area (Å²) in [7, 11) is 3.98. The minimum Gasteiger partial charge on any atom is -0.494 e. The molecule has 0 aliphatic heterocycles. The van der Waals surface area contributed by atoms with Gasteiger partial charge in [-0.25, -0.2) is 0 Å². The van der Waals surface area contributed by atoms with Crippen molar-refractivity contribution in [3.05, 3.63) is 59.1 Å². The van der Waals surface area contributed by atoms with Crippen LogP contribution in [0.4, 0.5) is 5.69 Å². The van der Waals surface area contributed by atoms with Gasteiger partial charge in [-0.3, -0.25) is 0 Å². The van der Waals surface area contributed by atoms with Crippen molar-refractivity contribution < 1.29 is 4.74 Å². The molecule has 2 aromatic carbocycles. The molecular formula is C18H19ClN2O. The van der Waals surface area contributed by atoms with Crippen LogP contribution in [0.1, 0.15) is 17.9 Å². The first-order valence-corrected chi connectivity index (χ1v) is 7.53. The molecule has 0 bridgehead atoms. The molecule has 2 aromatic rings. The number of hydrogen-bond acceptors (Lipinski definition) is 3. The summed E-state index contributed by atoms with van der Waals surface area (Å²) in [6, 6.07) is 17.7. The third-order valence-electron chi connectivity index (χ3n) is 3.43. The van der Waals surface area contributed by atoms with Crippen LogP contribution >= 0.6 is 11.6 Å². The molecule has 0 fully saturated rings. The van der Waals surface area contributed by atoms with E-state index in [0.29, 0.717) is 18.1 Å². The highest BCUT2D eigenvalue weighted by atomic mass is 35.5. The van der Waals surface area contributed by atoms with E-state index < -0.39 is 0 Å². The van der Waals surface area contributed by atoms with E-state index in [2.05, 4.69) is 12.1 Å². The van der Waals surface area contributed by atoms with Gasteiger partial charge in [0, 0.05) is 31.2 Å². The summed E-state index contributed by atoms with van der Waals surface area (Å²) in [6.45, 7) is 0.492. The summed E-state index contributed by atoms with van der Waals surface area (Å²) in [5, 5.41) is 10.1. The Hall–Kier alpha value is -2.18. The minimum atomic E-state index is -0.174. The molecule has 3 nitrogen and oxygen atoms in total. The second-order valence-electron chi connectivity index (χ2n) is 5.26. The summed E-state index contributed by atoms with van der Waals surface area (Å²) in [4.78, 5) is 2.03. The highest BCUT2D eigenvalue weighted by Gasteiger charge is 2.12. The zero-order valence-corrected chi connectivity index (χ0v) is 13.5. The Morgan fingerprint density at radius 2 is 1.91 bits per heavy atom. The molecule has 0 aromatic heterocycles. The van der Waals surface area contributed by atoms with Gasteiger partial charge in [0.05, 0.1) is 18.6 Å². The van der Waals surface area contributed by atoms with E-state index in [-0.39, 0.29) is 5.92 Å². The Labute approximate surface area is 136 Å². The van der Waals surface area contributed by atoms with Gasteiger partial charge < -0.3 is 9.64 Å². The van der Waals surface area contributed by atoms with Gasteiger partial charge in [-0.2, -0.15) is 5.26 Å². The van der Waals surface area contributed by atoms with E-state index >= 15 is 0 Å². The van der Waals surface area contributed by atoms with Crippen molar-refractivity contribution in [3.63, 3.8) is 0 Å². The third kappa shape index (κ3) is 4.41. The molecule has 0 saturated carbocycles. The van der Waals surface area contributed by atoms with E-state index in [4.69, 9.17) is 16.3 Å². The molecular weight excluding hydrogens is 296 g/mol. The van der Waals surface area contributed by atoms with Crippen molar-refractivity contribution >= 4 is 17.3 Å². The smallest absolute Gasteiger partial charge is 0.119 e. The van der Waals surface area contributed by atoms with Crippen molar-refractivity contribution in [2.75, 3.05) is 25.6 Å². The molecule has 0 amide bonds. The van der Waals surface area contributed by atoms with Crippen molar-refractivity contribution in [1.29, 1.82) is 5.26 Å². The van der Waals surface area contributed by atoms with Gasteiger partial charge in [0.25, 0.3) is 0 Å². The molecule has 0 aliphatic rings. The van der Waals surface area contributed by atoms with E-state index in [1.54, 1.807) is 12.1 Å². The largest absolute Gasteiger partial charge is 0.494 e. The third-order valence-corrected chi connectivity index (χ3v) is 3.69. The van der Waals surface area contributed by atoms with Gasteiger partial charge in [0.2, 0.25) is 0 Å². The first-order chi connectivity index (χ1) is 10.6. The fraction of sp³-hybridized carbons (Fsp3) is 0.278. The standard InChI is InChI=1S/C18H19ClN2O/c1-21(2)17-5-3-4-14(12-17)15(13-20)10-11-22-18-8-6-16(19)7-9-18/h3-9,12,15H,10-11H2,1-2H3. The fourth-order valence-electron chi connectivity index (χ4n) is 2.15. The number of anilines is 1. The maximum absolute atomic E-state index is 9.41. The SMILES string of the molecule is CN(C)c1cccc(C(C#N)CCOc2ccc(Cl)cc2)c1. The predicted octanol–water partition coefficient (Wildman–Crippen LogP) is 4.48. The van der Waals surface area contributed by atoms with Crippen LogP contribution in [0, 0.1) is 11.3 Å². The molecule has 2 rings (SSSR count). The van der Waals surface area contributed by atoms with E-state index in [0.717, 1.165) is 17.0 Å². The van der Waals surface area contributed by atoms with Crippen LogP contribution in [0.5, 0.6) is 5.75 Å². The van der Waals surface area contributed by atoms with Crippen molar-refractivity contribution in [2.45, 2.75) is 12.3 Å². The Balaban J connectivity index is 1.96. The average molecular weight is 315 g/mol. The molecule has 1 atom stereocenters. The van der Waals surface area contributed by atoms with Crippen molar-refractivity contribution in [2.24, 2.45) is 0 Å². The summed E-state index contributed by atoms with van der Waals surface area (Å²) in [6.07, 6.45) is 0.649. The Morgan fingerprint density at radius 3 is 2.55 bits per heavy atom. The topological polar surface area (TPSA) is 36.3 Å².